The molecule has 2 unspecified atom stereocenters. The minimum absolute atomic E-state index is 0.161. The van der Waals surface area contributed by atoms with Crippen molar-refractivity contribution in [2.45, 2.75) is 46.6 Å². The van der Waals surface area contributed by atoms with Gasteiger partial charge in [0.15, 0.2) is 0 Å². The minimum atomic E-state index is -0.301. The van der Waals surface area contributed by atoms with Crippen molar-refractivity contribution < 1.29 is 9.53 Å². The molecule has 0 radical (unpaired) electrons. The zero-order valence-electron chi connectivity index (χ0n) is 16.6. The summed E-state index contributed by atoms with van der Waals surface area (Å²) >= 11 is 0. The second kappa shape index (κ2) is 6.98. The average molecular weight is 368 g/mol. The van der Waals surface area contributed by atoms with E-state index in [9.17, 15) is 4.79 Å². The summed E-state index contributed by atoms with van der Waals surface area (Å²) in [7, 11) is 0. The summed E-state index contributed by atoms with van der Waals surface area (Å²) in [5, 5.41) is 4.64. The van der Waals surface area contributed by atoms with E-state index in [1.165, 1.54) is 6.42 Å². The predicted octanol–water partition coefficient (Wildman–Crippen LogP) is 3.39. The molecule has 6 nitrogen and oxygen atoms in total. The number of piperidine rings is 1. The molecule has 1 saturated carbocycles. The van der Waals surface area contributed by atoms with Gasteiger partial charge in [-0.25, -0.2) is 9.78 Å². The van der Waals surface area contributed by atoms with Crippen LogP contribution < -0.4 is 4.90 Å². The Hall–Kier alpha value is -2.37. The summed E-state index contributed by atoms with van der Waals surface area (Å²) in [5.41, 5.74) is 3.49. The Labute approximate surface area is 160 Å². The minimum Gasteiger partial charge on any atom is -0.462 e. The van der Waals surface area contributed by atoms with Gasteiger partial charge in [-0.15, -0.1) is 0 Å². The fourth-order valence-corrected chi connectivity index (χ4v) is 3.99. The highest BCUT2D eigenvalue weighted by molar-refractivity contribution is 5.90. The van der Waals surface area contributed by atoms with Crippen molar-refractivity contribution in [1.29, 1.82) is 0 Å². The van der Waals surface area contributed by atoms with Crippen LogP contribution in [0.3, 0.4) is 0 Å². The molecule has 2 aromatic heterocycles. The van der Waals surface area contributed by atoms with E-state index >= 15 is 0 Å². The number of carbonyl (C=O) groups is 1. The first-order chi connectivity index (χ1) is 13.0. The summed E-state index contributed by atoms with van der Waals surface area (Å²) in [5.74, 6) is 2.73. The van der Waals surface area contributed by atoms with Crippen LogP contribution in [0, 0.1) is 18.8 Å². The lowest BCUT2D eigenvalue weighted by Gasteiger charge is -2.20. The molecule has 2 atom stereocenters. The molecule has 1 aliphatic heterocycles. The van der Waals surface area contributed by atoms with Crippen molar-refractivity contribution in [1.82, 2.24) is 14.8 Å². The Morgan fingerprint density at radius 2 is 2.04 bits per heavy atom. The first-order valence-corrected chi connectivity index (χ1v) is 9.92. The molecule has 6 heteroatoms. The molecule has 3 heterocycles. The lowest BCUT2D eigenvalue weighted by Crippen LogP contribution is -2.23. The molecular weight excluding hydrogens is 340 g/mol. The molecule has 0 amide bonds. The number of carbonyl (C=O) groups excluding carboxylic acids is 1. The molecule has 0 bridgehead atoms. The smallest absolute Gasteiger partial charge is 0.341 e. The quantitative estimate of drug-likeness (QED) is 0.732. The van der Waals surface area contributed by atoms with Crippen molar-refractivity contribution in [2.75, 3.05) is 24.6 Å². The third kappa shape index (κ3) is 3.57. The van der Waals surface area contributed by atoms with E-state index < -0.39 is 0 Å². The molecule has 0 spiro atoms. The largest absolute Gasteiger partial charge is 0.462 e. The van der Waals surface area contributed by atoms with Gasteiger partial charge in [-0.3, -0.25) is 4.68 Å². The fraction of sp³-hybridized carbons (Fsp3) is 0.571. The third-order valence-corrected chi connectivity index (χ3v) is 5.65. The molecule has 0 aromatic carbocycles. The Balaban J connectivity index is 1.53. The Morgan fingerprint density at radius 3 is 2.67 bits per heavy atom. The number of aromatic nitrogens is 3. The standard InChI is InChI=1S/C21H28N4O2/c1-5-27-21(26)18-12-25(23-20(18)13(2)3)11-15-6-7-19(22-14(15)4)24-9-16-8-17(16)10-24/h6-7,12-13,16-17H,5,8-11H2,1-4H3. The van der Waals surface area contributed by atoms with Gasteiger partial charge in [-0.1, -0.05) is 19.9 Å². The topological polar surface area (TPSA) is 60.2 Å². The lowest BCUT2D eigenvalue weighted by atomic mass is 10.1. The van der Waals surface area contributed by atoms with E-state index in [2.05, 4.69) is 29.1 Å². The summed E-state index contributed by atoms with van der Waals surface area (Å²) in [4.78, 5) is 19.5. The number of nitrogens with zero attached hydrogens (tertiary/aromatic N) is 4. The molecule has 0 N–H and O–H groups in total. The molecule has 27 heavy (non-hydrogen) atoms. The van der Waals surface area contributed by atoms with E-state index in [1.807, 2.05) is 25.5 Å². The predicted molar refractivity (Wildman–Crippen MR) is 104 cm³/mol. The second-order valence-corrected chi connectivity index (χ2v) is 8.08. The van der Waals surface area contributed by atoms with Gasteiger partial charge in [0.2, 0.25) is 0 Å². The number of ether oxygens (including phenoxy) is 1. The maximum Gasteiger partial charge on any atom is 0.341 e. The van der Waals surface area contributed by atoms with E-state index in [-0.39, 0.29) is 11.9 Å². The van der Waals surface area contributed by atoms with Crippen molar-refractivity contribution in [3.05, 3.63) is 40.8 Å². The Kier molecular flexibility index (Phi) is 4.66. The number of hydrogen-bond acceptors (Lipinski definition) is 5. The molecule has 2 fully saturated rings. The van der Waals surface area contributed by atoms with Gasteiger partial charge in [-0.05, 0) is 49.7 Å². The van der Waals surface area contributed by atoms with Crippen LogP contribution in [0.15, 0.2) is 18.3 Å². The lowest BCUT2D eigenvalue weighted by molar-refractivity contribution is 0.0524. The third-order valence-electron chi connectivity index (χ3n) is 5.65. The highest BCUT2D eigenvalue weighted by atomic mass is 16.5. The number of pyridine rings is 1. The van der Waals surface area contributed by atoms with Gasteiger partial charge in [0.1, 0.15) is 11.4 Å². The number of hydrogen-bond donors (Lipinski definition) is 0. The van der Waals surface area contributed by atoms with Crippen LogP contribution in [0.25, 0.3) is 0 Å². The van der Waals surface area contributed by atoms with Crippen molar-refractivity contribution >= 4 is 11.8 Å². The van der Waals surface area contributed by atoms with Crippen LogP contribution in [0.1, 0.15) is 60.4 Å². The highest BCUT2D eigenvalue weighted by Gasteiger charge is 2.45. The summed E-state index contributed by atoms with van der Waals surface area (Å²) in [6, 6.07) is 4.26. The van der Waals surface area contributed by atoms with Crippen LogP contribution in [0.5, 0.6) is 0 Å². The maximum atomic E-state index is 12.2. The summed E-state index contributed by atoms with van der Waals surface area (Å²) in [6.07, 6.45) is 3.20. The number of esters is 1. The van der Waals surface area contributed by atoms with E-state index in [4.69, 9.17) is 9.72 Å². The molecular formula is C21H28N4O2. The molecule has 144 valence electrons. The van der Waals surface area contributed by atoms with E-state index in [1.54, 1.807) is 6.20 Å². The van der Waals surface area contributed by atoms with Gasteiger partial charge in [0.25, 0.3) is 0 Å². The number of fused-ring (bicyclic) bond motifs is 1. The van der Waals surface area contributed by atoms with Gasteiger partial charge >= 0.3 is 5.97 Å². The molecule has 2 aliphatic rings. The number of aryl methyl sites for hydroxylation is 1. The monoisotopic (exact) mass is 368 g/mol. The molecule has 1 saturated heterocycles. The second-order valence-electron chi connectivity index (χ2n) is 8.08. The van der Waals surface area contributed by atoms with E-state index in [0.29, 0.717) is 18.7 Å². The van der Waals surface area contributed by atoms with Crippen molar-refractivity contribution in [3.63, 3.8) is 0 Å². The normalized spacial score (nSPS) is 20.9. The van der Waals surface area contributed by atoms with Crippen LogP contribution in [0.4, 0.5) is 5.82 Å². The van der Waals surface area contributed by atoms with Crippen LogP contribution in [-0.4, -0.2) is 40.4 Å². The first-order valence-electron chi connectivity index (χ1n) is 9.92. The van der Waals surface area contributed by atoms with E-state index in [0.717, 1.165) is 47.7 Å². The first kappa shape index (κ1) is 18.0. The van der Waals surface area contributed by atoms with Crippen molar-refractivity contribution in [3.8, 4) is 0 Å². The van der Waals surface area contributed by atoms with Crippen LogP contribution in [-0.2, 0) is 11.3 Å². The van der Waals surface area contributed by atoms with Crippen LogP contribution >= 0.6 is 0 Å². The summed E-state index contributed by atoms with van der Waals surface area (Å²) < 4.78 is 7.01. The SMILES string of the molecule is CCOC(=O)c1cn(Cc2ccc(N3CC4CC4C3)nc2C)nc1C(C)C. The molecule has 2 aromatic rings. The fourth-order valence-electron chi connectivity index (χ4n) is 3.99. The zero-order chi connectivity index (χ0) is 19.1. The van der Waals surface area contributed by atoms with Gasteiger partial charge in [-0.2, -0.15) is 5.10 Å². The molecule has 4 rings (SSSR count). The Morgan fingerprint density at radius 1 is 1.30 bits per heavy atom. The number of rotatable bonds is 6. The Bertz CT molecular complexity index is 848. The number of anilines is 1. The maximum absolute atomic E-state index is 12.2. The summed E-state index contributed by atoms with van der Waals surface area (Å²) in [6.45, 7) is 11.2. The highest BCUT2D eigenvalue weighted by Crippen LogP contribution is 2.45. The zero-order valence-corrected chi connectivity index (χ0v) is 16.6. The van der Waals surface area contributed by atoms with Crippen LogP contribution in [0.2, 0.25) is 0 Å². The average Bonchev–Trinajstić information content (AvgIpc) is 3.05. The van der Waals surface area contributed by atoms with Crippen molar-refractivity contribution in [2.24, 2.45) is 11.8 Å². The van der Waals surface area contributed by atoms with Gasteiger partial charge in [0.05, 0.1) is 18.8 Å². The van der Waals surface area contributed by atoms with Gasteiger partial charge < -0.3 is 9.64 Å². The van der Waals surface area contributed by atoms with Gasteiger partial charge in [0, 0.05) is 25.0 Å². The molecule has 1 aliphatic carbocycles.